The van der Waals surface area contributed by atoms with Crippen molar-refractivity contribution < 1.29 is 31.1 Å². The van der Waals surface area contributed by atoms with Crippen LogP contribution in [0.1, 0.15) is 24.4 Å². The second-order valence-electron chi connectivity index (χ2n) is 6.90. The number of amides is 1. The maximum Gasteiger partial charge on any atom is 0.436 e. The Hall–Kier alpha value is -1.96. The molecule has 1 saturated heterocycles. The van der Waals surface area contributed by atoms with Crippen molar-refractivity contribution in [3.63, 3.8) is 0 Å². The molecule has 1 aliphatic rings. The van der Waals surface area contributed by atoms with Gasteiger partial charge in [0.2, 0.25) is 15.9 Å². The zero-order valence-electron chi connectivity index (χ0n) is 16.6. The van der Waals surface area contributed by atoms with Crippen molar-refractivity contribution >= 4 is 37.5 Å². The second-order valence-corrected chi connectivity index (χ2v) is 9.63. The summed E-state index contributed by atoms with van der Waals surface area (Å²) in [5.41, 5.74) is -0.651. The SMILES string of the molecule is Cc1c(Br)c(C(F)(F)F)nn1C(C)C(=O)Nc1ccc(S(=O)(=O)N2CCOCC2)cc1. The average molecular weight is 525 g/mol. The van der Waals surface area contributed by atoms with E-state index in [0.717, 1.165) is 4.68 Å². The zero-order chi connectivity index (χ0) is 23.0. The summed E-state index contributed by atoms with van der Waals surface area (Å²) < 4.78 is 71.7. The number of carbonyl (C=O) groups excluding carboxylic acids is 1. The van der Waals surface area contributed by atoms with Crippen molar-refractivity contribution in [2.75, 3.05) is 31.6 Å². The molecule has 1 N–H and O–H groups in total. The van der Waals surface area contributed by atoms with Crippen LogP contribution in [0.5, 0.6) is 0 Å². The topological polar surface area (TPSA) is 93.5 Å². The first kappa shape index (κ1) is 23.7. The number of nitrogens with zero attached hydrogens (tertiary/aromatic N) is 3. The number of halogens is 4. The molecule has 1 aliphatic heterocycles. The normalized spacial score (nSPS) is 16.8. The molecule has 1 fully saturated rings. The third kappa shape index (κ3) is 4.94. The average Bonchev–Trinajstić information content (AvgIpc) is 3.03. The van der Waals surface area contributed by atoms with Crippen LogP contribution in [0.15, 0.2) is 33.6 Å². The Labute approximate surface area is 185 Å². The van der Waals surface area contributed by atoms with Gasteiger partial charge in [0.25, 0.3) is 0 Å². The van der Waals surface area contributed by atoms with Crippen LogP contribution in [-0.4, -0.2) is 54.7 Å². The number of ether oxygens (including phenoxy) is 1. The predicted octanol–water partition coefficient (Wildman–Crippen LogP) is 3.19. The Kier molecular flexibility index (Phi) is 6.79. The summed E-state index contributed by atoms with van der Waals surface area (Å²) in [6.07, 6.45) is -4.66. The van der Waals surface area contributed by atoms with Crippen molar-refractivity contribution in [2.45, 2.75) is 31.0 Å². The standard InChI is InChI=1S/C18H20BrF3N4O4S/c1-11-15(19)16(18(20,21)22)24-26(11)12(2)17(27)23-13-3-5-14(6-4-13)31(28,29)25-7-9-30-10-8-25/h3-6,12H,7-10H2,1-2H3,(H,23,27). The molecule has 0 spiro atoms. The van der Waals surface area contributed by atoms with E-state index < -0.39 is 33.8 Å². The molecule has 1 unspecified atom stereocenters. The lowest BCUT2D eigenvalue weighted by atomic mass is 10.2. The molecule has 3 rings (SSSR count). The third-order valence-corrected chi connectivity index (χ3v) is 7.68. The Morgan fingerprint density at radius 1 is 1.23 bits per heavy atom. The minimum atomic E-state index is -4.66. The maximum absolute atomic E-state index is 13.1. The molecule has 2 heterocycles. The lowest BCUT2D eigenvalue weighted by Gasteiger charge is -2.26. The van der Waals surface area contributed by atoms with Crippen LogP contribution in [0, 0.1) is 6.92 Å². The molecule has 31 heavy (non-hydrogen) atoms. The van der Waals surface area contributed by atoms with Gasteiger partial charge in [0, 0.05) is 18.8 Å². The fourth-order valence-corrected chi connectivity index (χ4v) is 4.95. The van der Waals surface area contributed by atoms with Gasteiger partial charge in [-0.05, 0) is 54.0 Å². The molecule has 1 amide bonds. The molecule has 0 radical (unpaired) electrons. The van der Waals surface area contributed by atoms with Crippen LogP contribution >= 0.6 is 15.9 Å². The number of alkyl halides is 3. The Morgan fingerprint density at radius 2 is 1.81 bits per heavy atom. The first-order valence-electron chi connectivity index (χ1n) is 9.23. The molecule has 0 saturated carbocycles. The largest absolute Gasteiger partial charge is 0.436 e. The van der Waals surface area contributed by atoms with Crippen LogP contribution in [0.3, 0.4) is 0 Å². The molecule has 1 aromatic carbocycles. The molecular weight excluding hydrogens is 505 g/mol. The summed E-state index contributed by atoms with van der Waals surface area (Å²) in [6, 6.07) is 4.53. The van der Waals surface area contributed by atoms with Crippen LogP contribution in [0.25, 0.3) is 0 Å². The van der Waals surface area contributed by atoms with E-state index in [0.29, 0.717) is 18.9 Å². The number of morpholine rings is 1. The molecule has 170 valence electrons. The molecule has 0 aliphatic carbocycles. The predicted molar refractivity (Wildman–Crippen MR) is 109 cm³/mol. The number of nitrogens with one attached hydrogen (secondary N) is 1. The minimum Gasteiger partial charge on any atom is -0.379 e. The van der Waals surface area contributed by atoms with Gasteiger partial charge in [0.1, 0.15) is 6.04 Å². The monoisotopic (exact) mass is 524 g/mol. The number of anilines is 1. The highest BCUT2D eigenvalue weighted by atomic mass is 79.9. The van der Waals surface area contributed by atoms with Gasteiger partial charge >= 0.3 is 6.18 Å². The lowest BCUT2D eigenvalue weighted by Crippen LogP contribution is -2.40. The summed E-state index contributed by atoms with van der Waals surface area (Å²) in [5.74, 6) is -0.601. The van der Waals surface area contributed by atoms with Gasteiger partial charge in [-0.1, -0.05) is 0 Å². The highest BCUT2D eigenvalue weighted by Crippen LogP contribution is 2.36. The molecule has 13 heteroatoms. The van der Waals surface area contributed by atoms with Gasteiger partial charge in [-0.2, -0.15) is 22.6 Å². The third-order valence-electron chi connectivity index (χ3n) is 4.82. The number of hydrogen-bond donors (Lipinski definition) is 1. The van der Waals surface area contributed by atoms with E-state index in [1.807, 2.05) is 0 Å². The van der Waals surface area contributed by atoms with Crippen molar-refractivity contribution in [3.8, 4) is 0 Å². The Bertz CT molecular complexity index is 1060. The summed E-state index contributed by atoms with van der Waals surface area (Å²) >= 11 is 2.88. The molecule has 0 bridgehead atoms. The van der Waals surface area contributed by atoms with Crippen LogP contribution in [0.2, 0.25) is 0 Å². The van der Waals surface area contributed by atoms with Gasteiger partial charge < -0.3 is 10.1 Å². The van der Waals surface area contributed by atoms with Crippen LogP contribution in [-0.2, 0) is 25.7 Å². The molecular formula is C18H20BrF3N4O4S. The van der Waals surface area contributed by atoms with Crippen LogP contribution in [0.4, 0.5) is 18.9 Å². The number of rotatable bonds is 5. The Morgan fingerprint density at radius 3 is 2.32 bits per heavy atom. The molecule has 2 aromatic rings. The lowest BCUT2D eigenvalue weighted by molar-refractivity contribution is -0.142. The van der Waals surface area contributed by atoms with Crippen molar-refractivity contribution in [3.05, 3.63) is 40.1 Å². The number of hydrogen-bond acceptors (Lipinski definition) is 5. The smallest absolute Gasteiger partial charge is 0.379 e. The fourth-order valence-electron chi connectivity index (χ4n) is 3.06. The van der Waals surface area contributed by atoms with E-state index in [1.165, 1.54) is 42.4 Å². The van der Waals surface area contributed by atoms with Crippen molar-refractivity contribution in [2.24, 2.45) is 0 Å². The quantitative estimate of drug-likeness (QED) is 0.648. The first-order chi connectivity index (χ1) is 14.4. The summed E-state index contributed by atoms with van der Waals surface area (Å²) in [6.45, 7) is 4.00. The van der Waals surface area contributed by atoms with E-state index in [9.17, 15) is 26.4 Å². The summed E-state index contributed by atoms with van der Waals surface area (Å²) in [7, 11) is -3.67. The number of sulfonamides is 1. The zero-order valence-corrected chi connectivity index (χ0v) is 19.0. The van der Waals surface area contributed by atoms with Gasteiger partial charge in [-0.3, -0.25) is 9.48 Å². The van der Waals surface area contributed by atoms with E-state index >= 15 is 0 Å². The van der Waals surface area contributed by atoms with E-state index in [2.05, 4.69) is 26.3 Å². The highest BCUT2D eigenvalue weighted by Gasteiger charge is 2.39. The van der Waals surface area contributed by atoms with Crippen molar-refractivity contribution in [1.82, 2.24) is 14.1 Å². The van der Waals surface area contributed by atoms with E-state index in [4.69, 9.17) is 4.74 Å². The maximum atomic E-state index is 13.1. The van der Waals surface area contributed by atoms with Crippen LogP contribution < -0.4 is 5.32 Å². The highest BCUT2D eigenvalue weighted by molar-refractivity contribution is 9.10. The minimum absolute atomic E-state index is 0.0714. The van der Waals surface area contributed by atoms with Gasteiger partial charge in [-0.15, -0.1) is 0 Å². The van der Waals surface area contributed by atoms with Gasteiger partial charge in [0.15, 0.2) is 5.69 Å². The number of carbonyl (C=O) groups is 1. The number of aromatic nitrogens is 2. The second kappa shape index (κ2) is 8.88. The molecule has 1 aromatic heterocycles. The van der Waals surface area contributed by atoms with E-state index in [-0.39, 0.29) is 28.2 Å². The van der Waals surface area contributed by atoms with E-state index in [1.54, 1.807) is 0 Å². The molecule has 1 atom stereocenters. The van der Waals surface area contributed by atoms with Gasteiger partial charge in [-0.25, -0.2) is 8.42 Å². The summed E-state index contributed by atoms with van der Waals surface area (Å²) in [5, 5.41) is 6.10. The summed E-state index contributed by atoms with van der Waals surface area (Å²) in [4.78, 5) is 12.6. The Balaban J connectivity index is 1.74. The van der Waals surface area contributed by atoms with Gasteiger partial charge in [0.05, 0.1) is 28.3 Å². The number of benzene rings is 1. The first-order valence-corrected chi connectivity index (χ1v) is 11.5. The fraction of sp³-hybridized carbons (Fsp3) is 0.444. The van der Waals surface area contributed by atoms with Crippen molar-refractivity contribution in [1.29, 1.82) is 0 Å². The molecule has 8 nitrogen and oxygen atoms in total.